The van der Waals surface area contributed by atoms with Crippen LogP contribution in [0.3, 0.4) is 0 Å². The summed E-state index contributed by atoms with van der Waals surface area (Å²) in [6.07, 6.45) is 1.08. The van der Waals surface area contributed by atoms with Gasteiger partial charge in [0.2, 0.25) is 0 Å². The molecule has 5 nitrogen and oxygen atoms in total. The van der Waals surface area contributed by atoms with Crippen LogP contribution in [0.4, 0.5) is 4.39 Å². The van der Waals surface area contributed by atoms with Gasteiger partial charge in [0.15, 0.2) is 11.6 Å². The summed E-state index contributed by atoms with van der Waals surface area (Å²) in [5.74, 6) is -0.716. The normalized spacial score (nSPS) is 21.4. The number of likely N-dealkylation sites (N-methyl/N-ethyl adjacent to an activating group) is 2. The smallest absolute Gasteiger partial charge is 0.257 e. The van der Waals surface area contributed by atoms with Crippen LogP contribution in [0.1, 0.15) is 23.7 Å². The Morgan fingerprint density at radius 1 is 1.48 bits per heavy atom. The number of para-hydroxylation sites is 1. The highest BCUT2D eigenvalue weighted by Gasteiger charge is 2.31. The lowest BCUT2D eigenvalue weighted by Gasteiger charge is -2.26. The summed E-state index contributed by atoms with van der Waals surface area (Å²) in [6.45, 7) is 3.50. The molecule has 128 valence electrons. The number of benzene rings is 1. The summed E-state index contributed by atoms with van der Waals surface area (Å²) in [6, 6.07) is 4.67. The first-order valence-corrected chi connectivity index (χ1v) is 7.87. The molecule has 2 rings (SSSR count). The molecule has 0 aromatic heterocycles. The standard InChI is InChI=1S/C17H25FN2O3/c1-5-23-16-14(7-6-8-15(16)18)17(21)20(3)10-12-9-13(22-4)11-19(12)2/h6-8,12-13H,5,9-11H2,1-4H3/t12-,13-/m0/s1. The number of hydrogen-bond acceptors (Lipinski definition) is 4. The lowest BCUT2D eigenvalue weighted by Crippen LogP contribution is -2.39. The molecule has 1 saturated heterocycles. The number of methoxy groups -OCH3 is 1. The Labute approximate surface area is 137 Å². The van der Waals surface area contributed by atoms with Gasteiger partial charge in [0.25, 0.3) is 5.91 Å². The van der Waals surface area contributed by atoms with Crippen molar-refractivity contribution in [3.05, 3.63) is 29.6 Å². The van der Waals surface area contributed by atoms with Crippen LogP contribution in [0.15, 0.2) is 18.2 Å². The molecule has 1 aliphatic rings. The van der Waals surface area contributed by atoms with Crippen molar-refractivity contribution in [1.82, 2.24) is 9.80 Å². The molecule has 0 radical (unpaired) electrons. The van der Waals surface area contributed by atoms with Gasteiger partial charge in [-0.05, 0) is 32.5 Å². The average molecular weight is 324 g/mol. The largest absolute Gasteiger partial charge is 0.490 e. The van der Waals surface area contributed by atoms with Gasteiger partial charge >= 0.3 is 0 Å². The molecule has 0 N–H and O–H groups in total. The zero-order valence-corrected chi connectivity index (χ0v) is 14.2. The van der Waals surface area contributed by atoms with Crippen molar-refractivity contribution in [3.63, 3.8) is 0 Å². The van der Waals surface area contributed by atoms with Crippen LogP contribution in [0.5, 0.6) is 5.75 Å². The number of nitrogens with zero attached hydrogens (tertiary/aromatic N) is 2. The van der Waals surface area contributed by atoms with E-state index in [1.54, 1.807) is 32.0 Å². The van der Waals surface area contributed by atoms with E-state index in [4.69, 9.17) is 9.47 Å². The maximum Gasteiger partial charge on any atom is 0.257 e. The van der Waals surface area contributed by atoms with Crippen molar-refractivity contribution >= 4 is 5.91 Å². The number of rotatable bonds is 6. The lowest BCUT2D eigenvalue weighted by atomic mass is 10.1. The average Bonchev–Trinajstić information content (AvgIpc) is 2.89. The second-order valence-corrected chi connectivity index (χ2v) is 5.92. The van der Waals surface area contributed by atoms with Gasteiger partial charge in [-0.1, -0.05) is 6.07 Å². The summed E-state index contributed by atoms with van der Waals surface area (Å²) in [5, 5.41) is 0. The van der Waals surface area contributed by atoms with Crippen molar-refractivity contribution in [1.29, 1.82) is 0 Å². The minimum Gasteiger partial charge on any atom is -0.490 e. The molecule has 1 aromatic rings. The lowest BCUT2D eigenvalue weighted by molar-refractivity contribution is 0.0755. The third-order valence-corrected chi connectivity index (χ3v) is 4.30. The molecular weight excluding hydrogens is 299 g/mol. The molecule has 1 amide bonds. The molecule has 0 spiro atoms. The van der Waals surface area contributed by atoms with Gasteiger partial charge < -0.3 is 14.4 Å². The van der Waals surface area contributed by atoms with Crippen LogP contribution in [-0.4, -0.2) is 68.8 Å². The van der Waals surface area contributed by atoms with E-state index in [0.29, 0.717) is 13.2 Å². The SMILES string of the molecule is CCOc1c(F)cccc1C(=O)N(C)C[C@@H]1C[C@H](OC)CN1C. The summed E-state index contributed by atoms with van der Waals surface area (Å²) < 4.78 is 24.6. The summed E-state index contributed by atoms with van der Waals surface area (Å²) in [5.41, 5.74) is 0.262. The number of hydrogen-bond donors (Lipinski definition) is 0. The minimum absolute atomic E-state index is 0.0291. The van der Waals surface area contributed by atoms with Crippen LogP contribution in [-0.2, 0) is 4.74 Å². The Hall–Kier alpha value is -1.66. The monoisotopic (exact) mass is 324 g/mol. The fourth-order valence-electron chi connectivity index (χ4n) is 2.99. The predicted molar refractivity (Wildman–Crippen MR) is 86.4 cm³/mol. The topological polar surface area (TPSA) is 42.0 Å². The van der Waals surface area contributed by atoms with Gasteiger partial charge in [-0.2, -0.15) is 0 Å². The van der Waals surface area contributed by atoms with Crippen LogP contribution >= 0.6 is 0 Å². The third-order valence-electron chi connectivity index (χ3n) is 4.30. The Morgan fingerprint density at radius 3 is 2.83 bits per heavy atom. The predicted octanol–water partition coefficient (Wildman–Crippen LogP) is 2.02. The number of amides is 1. The quantitative estimate of drug-likeness (QED) is 0.803. The fraction of sp³-hybridized carbons (Fsp3) is 0.588. The first-order valence-electron chi connectivity index (χ1n) is 7.87. The summed E-state index contributed by atoms with van der Waals surface area (Å²) in [7, 11) is 5.46. The Bertz CT molecular complexity index is 553. The number of likely N-dealkylation sites (tertiary alicyclic amines) is 1. The zero-order valence-electron chi connectivity index (χ0n) is 14.2. The second-order valence-electron chi connectivity index (χ2n) is 5.92. The highest BCUT2D eigenvalue weighted by molar-refractivity contribution is 5.96. The molecule has 0 aliphatic carbocycles. The van der Waals surface area contributed by atoms with E-state index in [1.807, 2.05) is 7.05 Å². The van der Waals surface area contributed by atoms with Crippen molar-refractivity contribution in [2.75, 3.05) is 40.9 Å². The number of carbonyl (C=O) groups is 1. The van der Waals surface area contributed by atoms with Crippen molar-refractivity contribution < 1.29 is 18.7 Å². The van der Waals surface area contributed by atoms with E-state index >= 15 is 0 Å². The van der Waals surface area contributed by atoms with E-state index in [2.05, 4.69) is 4.90 Å². The van der Waals surface area contributed by atoms with Crippen molar-refractivity contribution in [2.45, 2.75) is 25.5 Å². The minimum atomic E-state index is -0.511. The molecule has 6 heteroatoms. The van der Waals surface area contributed by atoms with Gasteiger partial charge in [-0.25, -0.2) is 4.39 Å². The van der Waals surface area contributed by atoms with Crippen LogP contribution in [0.2, 0.25) is 0 Å². The first-order chi connectivity index (χ1) is 11.0. The highest BCUT2D eigenvalue weighted by Crippen LogP contribution is 2.25. The molecule has 23 heavy (non-hydrogen) atoms. The van der Waals surface area contributed by atoms with Gasteiger partial charge in [0.1, 0.15) is 0 Å². The molecule has 0 unspecified atom stereocenters. The first kappa shape index (κ1) is 17.7. The Morgan fingerprint density at radius 2 is 2.22 bits per heavy atom. The third kappa shape index (κ3) is 4.00. The molecule has 0 bridgehead atoms. The molecular formula is C17H25FN2O3. The highest BCUT2D eigenvalue weighted by atomic mass is 19.1. The van der Waals surface area contributed by atoms with Crippen molar-refractivity contribution in [3.8, 4) is 5.75 Å². The van der Waals surface area contributed by atoms with E-state index in [9.17, 15) is 9.18 Å². The molecule has 1 fully saturated rings. The maximum absolute atomic E-state index is 13.9. The zero-order chi connectivity index (χ0) is 17.0. The number of carbonyl (C=O) groups excluding carboxylic acids is 1. The van der Waals surface area contributed by atoms with Gasteiger partial charge in [0.05, 0.1) is 18.3 Å². The molecule has 1 aliphatic heterocycles. The van der Waals surface area contributed by atoms with E-state index in [-0.39, 0.29) is 29.4 Å². The van der Waals surface area contributed by atoms with Crippen molar-refractivity contribution in [2.24, 2.45) is 0 Å². The van der Waals surface area contributed by atoms with Crippen LogP contribution in [0.25, 0.3) is 0 Å². The second kappa shape index (κ2) is 7.75. The van der Waals surface area contributed by atoms with Gasteiger partial charge in [-0.15, -0.1) is 0 Å². The maximum atomic E-state index is 13.9. The number of ether oxygens (including phenoxy) is 2. The molecule has 0 saturated carbocycles. The van der Waals surface area contributed by atoms with Crippen LogP contribution in [0, 0.1) is 5.82 Å². The molecule has 2 atom stereocenters. The fourth-order valence-corrected chi connectivity index (χ4v) is 2.99. The molecule has 1 heterocycles. The number of halogens is 1. The summed E-state index contributed by atoms with van der Waals surface area (Å²) in [4.78, 5) is 16.5. The van der Waals surface area contributed by atoms with E-state index < -0.39 is 5.82 Å². The van der Waals surface area contributed by atoms with E-state index in [0.717, 1.165) is 13.0 Å². The van der Waals surface area contributed by atoms with Crippen LogP contribution < -0.4 is 4.74 Å². The Kier molecular flexibility index (Phi) is 5.96. The Balaban J connectivity index is 2.10. The van der Waals surface area contributed by atoms with E-state index in [1.165, 1.54) is 12.1 Å². The molecule has 1 aromatic carbocycles. The van der Waals surface area contributed by atoms with Gasteiger partial charge in [0, 0.05) is 33.3 Å². The van der Waals surface area contributed by atoms with Gasteiger partial charge in [-0.3, -0.25) is 9.69 Å². The summed E-state index contributed by atoms with van der Waals surface area (Å²) >= 11 is 0.